The number of nitrogens with zero attached hydrogens (tertiary/aromatic N) is 1. The molecule has 1 unspecified atom stereocenters. The predicted octanol–water partition coefficient (Wildman–Crippen LogP) is 2.53. The Morgan fingerprint density at radius 1 is 1.39 bits per heavy atom. The van der Waals surface area contributed by atoms with Crippen LogP contribution >= 0.6 is 0 Å². The fourth-order valence-electron chi connectivity index (χ4n) is 2.22. The molecule has 1 saturated heterocycles. The van der Waals surface area contributed by atoms with Crippen molar-refractivity contribution in [1.29, 1.82) is 0 Å². The first-order valence-corrected chi connectivity index (χ1v) is 6.33. The Morgan fingerprint density at radius 2 is 2.39 bits per heavy atom. The van der Waals surface area contributed by atoms with Gasteiger partial charge >= 0.3 is 0 Å². The predicted molar refractivity (Wildman–Crippen MR) is 71.4 cm³/mol. The Kier molecular flexibility index (Phi) is 3.28. The standard InChI is InChI=1S/C14H17N3O/c1-2-12(14-4-6-16-17-14)8-13(3-1)15-9-11-5-7-18-10-11/h1-4,6,8,11,15H,5,7,9-10H2,(H,16,17). The lowest BCUT2D eigenvalue weighted by Crippen LogP contribution is -2.13. The molecule has 1 fully saturated rings. The average Bonchev–Trinajstić information content (AvgIpc) is 3.10. The second-order valence-corrected chi connectivity index (χ2v) is 4.66. The summed E-state index contributed by atoms with van der Waals surface area (Å²) in [5, 5.41) is 10.4. The SMILES string of the molecule is c1cc(NCC2CCOC2)cc(-c2ccn[nH]2)c1. The number of rotatable bonds is 4. The number of nitrogens with one attached hydrogen (secondary N) is 2. The van der Waals surface area contributed by atoms with Crippen LogP contribution in [0.25, 0.3) is 11.3 Å². The number of H-pyrrole nitrogens is 1. The quantitative estimate of drug-likeness (QED) is 0.867. The molecule has 1 aromatic heterocycles. The minimum atomic E-state index is 0.640. The smallest absolute Gasteiger partial charge is 0.0650 e. The number of benzene rings is 1. The third-order valence-corrected chi connectivity index (χ3v) is 3.29. The van der Waals surface area contributed by atoms with E-state index in [0.717, 1.165) is 43.1 Å². The lowest BCUT2D eigenvalue weighted by atomic mass is 10.1. The lowest BCUT2D eigenvalue weighted by Gasteiger charge is -2.11. The largest absolute Gasteiger partial charge is 0.385 e. The molecular weight excluding hydrogens is 226 g/mol. The van der Waals surface area contributed by atoms with Gasteiger partial charge in [-0.05, 0) is 24.6 Å². The second kappa shape index (κ2) is 5.23. The summed E-state index contributed by atoms with van der Waals surface area (Å²) in [6.45, 7) is 2.76. The highest BCUT2D eigenvalue weighted by Crippen LogP contribution is 2.21. The minimum Gasteiger partial charge on any atom is -0.385 e. The molecule has 1 atom stereocenters. The topological polar surface area (TPSA) is 49.9 Å². The first-order chi connectivity index (χ1) is 8.92. The molecule has 4 heteroatoms. The van der Waals surface area contributed by atoms with Crippen LogP contribution in [0.3, 0.4) is 0 Å². The van der Waals surface area contributed by atoms with Crippen LogP contribution in [0.1, 0.15) is 6.42 Å². The van der Waals surface area contributed by atoms with Gasteiger partial charge < -0.3 is 10.1 Å². The minimum absolute atomic E-state index is 0.640. The van der Waals surface area contributed by atoms with E-state index in [-0.39, 0.29) is 0 Å². The van der Waals surface area contributed by atoms with Crippen LogP contribution in [0.2, 0.25) is 0 Å². The molecule has 0 amide bonds. The van der Waals surface area contributed by atoms with Crippen LogP contribution in [0, 0.1) is 5.92 Å². The maximum absolute atomic E-state index is 5.37. The summed E-state index contributed by atoms with van der Waals surface area (Å²) in [5.41, 5.74) is 3.34. The molecule has 4 nitrogen and oxygen atoms in total. The summed E-state index contributed by atoms with van der Waals surface area (Å²) in [5.74, 6) is 0.640. The van der Waals surface area contributed by atoms with Crippen molar-refractivity contribution in [2.24, 2.45) is 5.92 Å². The molecule has 1 aliphatic heterocycles. The van der Waals surface area contributed by atoms with Gasteiger partial charge in [-0.15, -0.1) is 0 Å². The van der Waals surface area contributed by atoms with Gasteiger partial charge in [0.05, 0.1) is 12.3 Å². The van der Waals surface area contributed by atoms with E-state index in [1.807, 2.05) is 6.07 Å². The van der Waals surface area contributed by atoms with Crippen molar-refractivity contribution in [3.8, 4) is 11.3 Å². The van der Waals surface area contributed by atoms with E-state index in [2.05, 4.69) is 39.8 Å². The molecule has 2 heterocycles. The normalized spacial score (nSPS) is 19.0. The Morgan fingerprint density at radius 3 is 3.17 bits per heavy atom. The molecule has 0 aliphatic carbocycles. The fourth-order valence-corrected chi connectivity index (χ4v) is 2.22. The molecule has 1 aromatic carbocycles. The summed E-state index contributed by atoms with van der Waals surface area (Å²) in [6, 6.07) is 10.4. The molecule has 0 bridgehead atoms. The maximum Gasteiger partial charge on any atom is 0.0650 e. The van der Waals surface area contributed by atoms with Crippen LogP contribution in [-0.2, 0) is 4.74 Å². The highest BCUT2D eigenvalue weighted by Gasteiger charge is 2.14. The second-order valence-electron chi connectivity index (χ2n) is 4.66. The Hall–Kier alpha value is -1.81. The average molecular weight is 243 g/mol. The van der Waals surface area contributed by atoms with Crippen molar-refractivity contribution in [3.63, 3.8) is 0 Å². The van der Waals surface area contributed by atoms with Crippen molar-refractivity contribution in [2.45, 2.75) is 6.42 Å². The number of aromatic nitrogens is 2. The van der Waals surface area contributed by atoms with Crippen molar-refractivity contribution in [1.82, 2.24) is 10.2 Å². The summed E-state index contributed by atoms with van der Waals surface area (Å²) >= 11 is 0. The molecule has 3 rings (SSSR count). The first kappa shape index (κ1) is 11.3. The van der Waals surface area contributed by atoms with Gasteiger partial charge in [0.15, 0.2) is 0 Å². The summed E-state index contributed by atoms with van der Waals surface area (Å²) in [4.78, 5) is 0. The van der Waals surface area contributed by atoms with E-state index in [1.165, 1.54) is 0 Å². The van der Waals surface area contributed by atoms with Gasteiger partial charge in [0.25, 0.3) is 0 Å². The molecule has 1 aliphatic rings. The van der Waals surface area contributed by atoms with Crippen LogP contribution < -0.4 is 5.32 Å². The van der Waals surface area contributed by atoms with E-state index in [4.69, 9.17) is 4.74 Å². The third kappa shape index (κ3) is 2.54. The zero-order chi connectivity index (χ0) is 12.2. The summed E-state index contributed by atoms with van der Waals surface area (Å²) in [7, 11) is 0. The zero-order valence-corrected chi connectivity index (χ0v) is 10.2. The third-order valence-electron chi connectivity index (χ3n) is 3.29. The fraction of sp³-hybridized carbons (Fsp3) is 0.357. The molecule has 18 heavy (non-hydrogen) atoms. The summed E-state index contributed by atoms with van der Waals surface area (Å²) in [6.07, 6.45) is 2.93. The molecule has 0 spiro atoms. The maximum atomic E-state index is 5.37. The molecule has 2 aromatic rings. The van der Waals surface area contributed by atoms with Gasteiger partial charge in [-0.3, -0.25) is 5.10 Å². The Bertz CT molecular complexity index is 490. The highest BCUT2D eigenvalue weighted by atomic mass is 16.5. The van der Waals surface area contributed by atoms with Crippen LogP contribution in [-0.4, -0.2) is 30.0 Å². The van der Waals surface area contributed by atoms with Gasteiger partial charge in [-0.2, -0.15) is 5.10 Å². The van der Waals surface area contributed by atoms with Crippen LogP contribution in [0.15, 0.2) is 36.5 Å². The molecule has 0 saturated carbocycles. The molecular formula is C14H17N3O. The lowest BCUT2D eigenvalue weighted by molar-refractivity contribution is 0.187. The van der Waals surface area contributed by atoms with E-state index >= 15 is 0 Å². The monoisotopic (exact) mass is 243 g/mol. The van der Waals surface area contributed by atoms with Gasteiger partial charge in [-0.25, -0.2) is 0 Å². The van der Waals surface area contributed by atoms with Crippen LogP contribution in [0.4, 0.5) is 5.69 Å². The number of hydrogen-bond acceptors (Lipinski definition) is 3. The first-order valence-electron chi connectivity index (χ1n) is 6.33. The van der Waals surface area contributed by atoms with Crippen molar-refractivity contribution >= 4 is 5.69 Å². The van der Waals surface area contributed by atoms with E-state index < -0.39 is 0 Å². The number of hydrogen-bond donors (Lipinski definition) is 2. The molecule has 2 N–H and O–H groups in total. The zero-order valence-electron chi connectivity index (χ0n) is 10.2. The van der Waals surface area contributed by atoms with Crippen LogP contribution in [0.5, 0.6) is 0 Å². The number of aromatic amines is 1. The molecule has 94 valence electrons. The highest BCUT2D eigenvalue weighted by molar-refractivity contribution is 5.64. The Balaban J connectivity index is 1.67. The van der Waals surface area contributed by atoms with Crippen molar-refractivity contribution in [2.75, 3.05) is 25.1 Å². The number of ether oxygens (including phenoxy) is 1. The van der Waals surface area contributed by atoms with Gasteiger partial charge in [0.2, 0.25) is 0 Å². The van der Waals surface area contributed by atoms with E-state index in [1.54, 1.807) is 6.20 Å². The van der Waals surface area contributed by atoms with Gasteiger partial charge in [-0.1, -0.05) is 12.1 Å². The molecule has 0 radical (unpaired) electrons. The van der Waals surface area contributed by atoms with Gasteiger partial charge in [0.1, 0.15) is 0 Å². The van der Waals surface area contributed by atoms with Crippen molar-refractivity contribution < 1.29 is 4.74 Å². The van der Waals surface area contributed by atoms with Gasteiger partial charge in [0, 0.05) is 36.5 Å². The van der Waals surface area contributed by atoms with Crippen molar-refractivity contribution in [3.05, 3.63) is 36.5 Å². The Labute approximate surface area is 106 Å². The summed E-state index contributed by atoms with van der Waals surface area (Å²) < 4.78 is 5.37. The number of anilines is 1. The van der Waals surface area contributed by atoms with E-state index in [0.29, 0.717) is 5.92 Å². The van der Waals surface area contributed by atoms with E-state index in [9.17, 15) is 0 Å².